The maximum Gasteiger partial charge on any atom is 0.251 e. The zero-order chi connectivity index (χ0) is 28.2. The highest BCUT2D eigenvalue weighted by atomic mass is 19.1. The summed E-state index contributed by atoms with van der Waals surface area (Å²) in [5.41, 5.74) is 2.38. The van der Waals surface area contributed by atoms with Crippen molar-refractivity contribution in [2.24, 2.45) is 0 Å². The van der Waals surface area contributed by atoms with E-state index in [2.05, 4.69) is 15.0 Å². The van der Waals surface area contributed by atoms with Crippen molar-refractivity contribution in [1.82, 2.24) is 19.9 Å². The van der Waals surface area contributed by atoms with E-state index in [4.69, 9.17) is 4.74 Å². The number of hydrogen-bond acceptors (Lipinski definition) is 5. The lowest BCUT2D eigenvalue weighted by atomic mass is 9.90. The molecule has 8 nitrogen and oxygen atoms in total. The molecule has 2 atom stereocenters. The van der Waals surface area contributed by atoms with Crippen LogP contribution in [0.5, 0.6) is 11.5 Å². The van der Waals surface area contributed by atoms with Gasteiger partial charge in [-0.05, 0) is 48.7 Å². The number of aromatic nitrogens is 3. The van der Waals surface area contributed by atoms with Gasteiger partial charge in [0.2, 0.25) is 0 Å². The number of amides is 1. The van der Waals surface area contributed by atoms with Crippen molar-refractivity contribution in [3.8, 4) is 22.9 Å². The zero-order valence-corrected chi connectivity index (χ0v) is 21.7. The molecule has 1 amide bonds. The van der Waals surface area contributed by atoms with E-state index in [1.807, 2.05) is 12.1 Å². The number of aliphatic hydroxyl groups excluding tert-OH is 1. The molecule has 10 heteroatoms. The fraction of sp³-hybridized carbons (Fsp3) is 0.200. The average molecular weight is 545 g/mol. The van der Waals surface area contributed by atoms with Gasteiger partial charge in [-0.1, -0.05) is 30.3 Å². The molecule has 0 bridgehead atoms. The lowest BCUT2D eigenvalue weighted by Gasteiger charge is -2.23. The molecule has 1 aliphatic heterocycles. The number of fused-ring (bicyclic) bond motifs is 2. The van der Waals surface area contributed by atoms with E-state index in [0.717, 1.165) is 11.1 Å². The Morgan fingerprint density at radius 3 is 2.73 bits per heavy atom. The minimum absolute atomic E-state index is 0.213. The molecular weight excluding hydrogens is 518 g/mol. The molecule has 204 valence electrons. The molecule has 0 saturated heterocycles. The van der Waals surface area contributed by atoms with E-state index in [0.29, 0.717) is 41.3 Å². The SMILES string of the molecule is CC(O)C(=O)N1Cc2ccc(C(C)(O)c3cnc(-c4cccc(Oc5c(F)cc6[nH]ccc6c5F)c4)[nH]3)cc2C1. The van der Waals surface area contributed by atoms with Crippen LogP contribution in [0.3, 0.4) is 0 Å². The van der Waals surface area contributed by atoms with Crippen molar-refractivity contribution in [2.75, 3.05) is 0 Å². The molecule has 40 heavy (non-hydrogen) atoms. The van der Waals surface area contributed by atoms with Crippen LogP contribution in [0.15, 0.2) is 67.0 Å². The summed E-state index contributed by atoms with van der Waals surface area (Å²) in [6.07, 6.45) is 1.97. The normalized spacial score (nSPS) is 15.2. The van der Waals surface area contributed by atoms with Crippen molar-refractivity contribution >= 4 is 16.8 Å². The number of nitrogens with one attached hydrogen (secondary N) is 2. The summed E-state index contributed by atoms with van der Waals surface area (Å²) in [4.78, 5) is 24.1. The van der Waals surface area contributed by atoms with E-state index < -0.39 is 29.1 Å². The number of rotatable bonds is 6. The van der Waals surface area contributed by atoms with Crippen LogP contribution in [0, 0.1) is 11.6 Å². The zero-order valence-electron chi connectivity index (χ0n) is 21.7. The number of halogens is 2. The van der Waals surface area contributed by atoms with Crippen molar-refractivity contribution in [3.05, 3.63) is 101 Å². The summed E-state index contributed by atoms with van der Waals surface area (Å²) in [6, 6.07) is 14.8. The molecule has 1 aliphatic rings. The minimum atomic E-state index is -1.44. The van der Waals surface area contributed by atoms with E-state index in [1.165, 1.54) is 31.5 Å². The van der Waals surface area contributed by atoms with Gasteiger partial charge >= 0.3 is 0 Å². The Morgan fingerprint density at radius 1 is 1.12 bits per heavy atom. The molecule has 0 radical (unpaired) electrons. The Labute approximate surface area is 227 Å². The van der Waals surface area contributed by atoms with Gasteiger partial charge in [0.15, 0.2) is 17.4 Å². The molecule has 0 aliphatic carbocycles. The Bertz CT molecular complexity index is 1760. The summed E-state index contributed by atoms with van der Waals surface area (Å²) in [5, 5.41) is 21.4. The van der Waals surface area contributed by atoms with Crippen LogP contribution in [0.4, 0.5) is 8.78 Å². The molecule has 3 heterocycles. The van der Waals surface area contributed by atoms with E-state index in [1.54, 1.807) is 42.2 Å². The highest BCUT2D eigenvalue weighted by molar-refractivity contribution is 5.82. The number of imidazole rings is 1. The maximum atomic E-state index is 14.9. The highest BCUT2D eigenvalue weighted by Gasteiger charge is 2.32. The summed E-state index contributed by atoms with van der Waals surface area (Å²) in [6.45, 7) is 3.84. The van der Waals surface area contributed by atoms with Gasteiger partial charge in [0.25, 0.3) is 5.91 Å². The first kappa shape index (κ1) is 25.7. The fourth-order valence-corrected chi connectivity index (χ4v) is 5.02. The third kappa shape index (κ3) is 4.41. The predicted molar refractivity (Wildman–Crippen MR) is 143 cm³/mol. The molecule has 6 rings (SSSR count). The van der Waals surface area contributed by atoms with Gasteiger partial charge in [0.05, 0.1) is 17.4 Å². The van der Waals surface area contributed by atoms with Crippen LogP contribution in [0.1, 0.15) is 36.2 Å². The molecule has 2 aromatic heterocycles. The summed E-state index contributed by atoms with van der Waals surface area (Å²) in [5.74, 6) is -1.84. The second-order valence-electron chi connectivity index (χ2n) is 10.1. The van der Waals surface area contributed by atoms with Gasteiger partial charge in [-0.3, -0.25) is 4.79 Å². The monoisotopic (exact) mass is 544 g/mol. The molecule has 5 aromatic rings. The van der Waals surface area contributed by atoms with E-state index in [-0.39, 0.29) is 17.0 Å². The van der Waals surface area contributed by atoms with Crippen LogP contribution in [-0.2, 0) is 23.5 Å². The average Bonchev–Trinajstić information content (AvgIpc) is 3.70. The fourth-order valence-electron chi connectivity index (χ4n) is 5.02. The molecule has 3 aromatic carbocycles. The van der Waals surface area contributed by atoms with Crippen LogP contribution < -0.4 is 4.74 Å². The molecule has 0 saturated carbocycles. The van der Waals surface area contributed by atoms with E-state index >= 15 is 0 Å². The first-order chi connectivity index (χ1) is 19.1. The van der Waals surface area contributed by atoms with Crippen molar-refractivity contribution < 1.29 is 28.5 Å². The largest absolute Gasteiger partial charge is 0.451 e. The number of ether oxygens (including phenoxy) is 1. The Balaban J connectivity index is 1.25. The number of carbonyl (C=O) groups is 1. The second kappa shape index (κ2) is 9.58. The number of aromatic amines is 2. The highest BCUT2D eigenvalue weighted by Crippen LogP contribution is 2.36. The molecular formula is C30H26F2N4O4. The Morgan fingerprint density at radius 2 is 1.93 bits per heavy atom. The number of benzene rings is 3. The first-order valence-corrected chi connectivity index (χ1v) is 12.7. The lowest BCUT2D eigenvalue weighted by Crippen LogP contribution is -2.33. The molecule has 4 N–H and O–H groups in total. The third-order valence-electron chi connectivity index (χ3n) is 7.29. The van der Waals surface area contributed by atoms with Crippen LogP contribution in [-0.4, -0.2) is 42.1 Å². The number of carbonyl (C=O) groups excluding carboxylic acids is 1. The standard InChI is InChI=1S/C30H26F2N4O4/c1-16(37)29(38)36-14-18-6-7-20(10-19(18)15-36)30(2,39)25-13-34-28(35-25)17-4-3-5-21(11-17)40-27-23(31)12-24-22(26(27)32)8-9-33-24/h3-13,16,33,37,39H,14-15H2,1-2H3,(H,34,35). The molecule has 0 spiro atoms. The van der Waals surface area contributed by atoms with E-state index in [9.17, 15) is 23.8 Å². The van der Waals surface area contributed by atoms with Crippen molar-refractivity contribution in [3.63, 3.8) is 0 Å². The van der Waals surface area contributed by atoms with Gasteiger partial charge in [-0.15, -0.1) is 0 Å². The van der Waals surface area contributed by atoms with Gasteiger partial charge in [0, 0.05) is 36.3 Å². The van der Waals surface area contributed by atoms with Gasteiger partial charge in [-0.2, -0.15) is 0 Å². The predicted octanol–water partition coefficient (Wildman–Crippen LogP) is 5.11. The lowest BCUT2D eigenvalue weighted by molar-refractivity contribution is -0.139. The molecule has 0 fully saturated rings. The topological polar surface area (TPSA) is 114 Å². The quantitative estimate of drug-likeness (QED) is 0.237. The minimum Gasteiger partial charge on any atom is -0.451 e. The van der Waals surface area contributed by atoms with Crippen LogP contribution >= 0.6 is 0 Å². The Kier molecular flexibility index (Phi) is 6.16. The van der Waals surface area contributed by atoms with Crippen molar-refractivity contribution in [2.45, 2.75) is 38.6 Å². The smallest absolute Gasteiger partial charge is 0.251 e. The van der Waals surface area contributed by atoms with Gasteiger partial charge in [-0.25, -0.2) is 13.8 Å². The number of hydrogen-bond donors (Lipinski definition) is 4. The van der Waals surface area contributed by atoms with Gasteiger partial charge < -0.3 is 29.8 Å². The third-order valence-corrected chi connectivity index (χ3v) is 7.29. The second-order valence-corrected chi connectivity index (χ2v) is 10.1. The summed E-state index contributed by atoms with van der Waals surface area (Å²) >= 11 is 0. The number of nitrogens with zero attached hydrogens (tertiary/aromatic N) is 2. The number of H-pyrrole nitrogens is 2. The van der Waals surface area contributed by atoms with Gasteiger partial charge in [0.1, 0.15) is 23.3 Å². The van der Waals surface area contributed by atoms with Crippen LogP contribution in [0.2, 0.25) is 0 Å². The number of aliphatic hydroxyl groups is 2. The summed E-state index contributed by atoms with van der Waals surface area (Å²) < 4.78 is 35.1. The summed E-state index contributed by atoms with van der Waals surface area (Å²) in [7, 11) is 0. The first-order valence-electron chi connectivity index (χ1n) is 12.7. The molecule has 2 unspecified atom stereocenters. The van der Waals surface area contributed by atoms with Crippen molar-refractivity contribution in [1.29, 1.82) is 0 Å². The maximum absolute atomic E-state index is 14.9. The Hall–Kier alpha value is -4.54. The van der Waals surface area contributed by atoms with Crippen LogP contribution in [0.25, 0.3) is 22.3 Å².